The number of aliphatic carboxylic acids is 1. The highest BCUT2D eigenvalue weighted by atomic mass is 16.5. The van der Waals surface area contributed by atoms with Crippen LogP contribution < -0.4 is 10.1 Å². The van der Waals surface area contributed by atoms with Gasteiger partial charge in [0.05, 0.1) is 7.11 Å². The predicted molar refractivity (Wildman–Crippen MR) is 88.7 cm³/mol. The van der Waals surface area contributed by atoms with Crippen molar-refractivity contribution >= 4 is 11.9 Å². The molecule has 0 aliphatic heterocycles. The first kappa shape index (κ1) is 17.5. The zero-order valence-corrected chi connectivity index (χ0v) is 13.9. The number of nitrogens with one attached hydrogen (secondary N) is 1. The molecule has 1 aromatic carbocycles. The zero-order chi connectivity index (χ0) is 17.7. The molecule has 0 saturated heterocycles. The van der Waals surface area contributed by atoms with E-state index >= 15 is 0 Å². The molecule has 0 fully saturated rings. The van der Waals surface area contributed by atoms with Gasteiger partial charge in [-0.15, -0.1) is 0 Å². The molecule has 7 nitrogen and oxygen atoms in total. The minimum absolute atomic E-state index is 0.154. The Morgan fingerprint density at radius 2 is 2.12 bits per heavy atom. The molecule has 0 saturated carbocycles. The normalized spacial score (nSPS) is 11.8. The fraction of sp³-hybridized carbons (Fsp3) is 0.353. The molecular weight excluding hydrogens is 310 g/mol. The van der Waals surface area contributed by atoms with Crippen molar-refractivity contribution < 1.29 is 19.4 Å². The summed E-state index contributed by atoms with van der Waals surface area (Å²) >= 11 is 0. The number of hydrogen-bond donors (Lipinski definition) is 2. The molecule has 0 bridgehead atoms. The predicted octanol–water partition coefficient (Wildman–Crippen LogP) is 2.17. The fourth-order valence-corrected chi connectivity index (χ4v) is 2.34. The Balaban J connectivity index is 2.23. The fourth-order valence-electron chi connectivity index (χ4n) is 2.34. The Morgan fingerprint density at radius 1 is 1.38 bits per heavy atom. The van der Waals surface area contributed by atoms with Gasteiger partial charge in [-0.3, -0.25) is 4.79 Å². The first-order valence-electron chi connectivity index (χ1n) is 7.70. The van der Waals surface area contributed by atoms with Crippen molar-refractivity contribution in [2.24, 2.45) is 0 Å². The van der Waals surface area contributed by atoms with Crippen LogP contribution in [0.25, 0.3) is 5.69 Å². The molecule has 1 unspecified atom stereocenters. The monoisotopic (exact) mass is 331 g/mol. The third-order valence-corrected chi connectivity index (χ3v) is 3.58. The number of aromatic nitrogens is 2. The van der Waals surface area contributed by atoms with Crippen LogP contribution in [0.2, 0.25) is 0 Å². The molecule has 7 heteroatoms. The van der Waals surface area contributed by atoms with Gasteiger partial charge in [0.25, 0.3) is 5.91 Å². The summed E-state index contributed by atoms with van der Waals surface area (Å²) in [6.07, 6.45) is 2.67. The van der Waals surface area contributed by atoms with E-state index in [2.05, 4.69) is 10.4 Å². The van der Waals surface area contributed by atoms with Crippen LogP contribution in [0.1, 0.15) is 35.8 Å². The number of rotatable bonds is 7. The van der Waals surface area contributed by atoms with Crippen molar-refractivity contribution in [2.45, 2.75) is 32.7 Å². The molecule has 0 radical (unpaired) electrons. The molecule has 2 rings (SSSR count). The third-order valence-electron chi connectivity index (χ3n) is 3.58. The minimum Gasteiger partial charge on any atom is -0.494 e. The lowest BCUT2D eigenvalue weighted by atomic mass is 10.1. The Labute approximate surface area is 140 Å². The second-order valence-corrected chi connectivity index (χ2v) is 5.47. The van der Waals surface area contributed by atoms with Crippen LogP contribution >= 0.6 is 0 Å². The summed E-state index contributed by atoms with van der Waals surface area (Å²) in [6.45, 7) is 3.81. The van der Waals surface area contributed by atoms with Crippen LogP contribution in [-0.2, 0) is 4.79 Å². The van der Waals surface area contributed by atoms with Gasteiger partial charge in [0.2, 0.25) is 0 Å². The Kier molecular flexibility index (Phi) is 5.57. The summed E-state index contributed by atoms with van der Waals surface area (Å²) in [4.78, 5) is 23.4. The van der Waals surface area contributed by atoms with Crippen molar-refractivity contribution in [1.29, 1.82) is 0 Å². The number of aryl methyl sites for hydroxylation is 1. The van der Waals surface area contributed by atoms with E-state index in [0.717, 1.165) is 5.56 Å². The zero-order valence-electron chi connectivity index (χ0n) is 13.9. The van der Waals surface area contributed by atoms with Crippen molar-refractivity contribution in [1.82, 2.24) is 15.1 Å². The van der Waals surface area contributed by atoms with Crippen molar-refractivity contribution in [2.75, 3.05) is 7.11 Å². The average Bonchev–Trinajstić information content (AvgIpc) is 3.04. The molecule has 1 heterocycles. The van der Waals surface area contributed by atoms with E-state index in [-0.39, 0.29) is 5.69 Å². The Morgan fingerprint density at radius 3 is 2.75 bits per heavy atom. The van der Waals surface area contributed by atoms with E-state index in [1.54, 1.807) is 19.4 Å². The number of nitrogens with zero attached hydrogens (tertiary/aromatic N) is 2. The lowest BCUT2D eigenvalue weighted by molar-refractivity contribution is -0.139. The van der Waals surface area contributed by atoms with E-state index in [1.807, 2.05) is 32.0 Å². The number of carbonyl (C=O) groups excluding carboxylic acids is 1. The van der Waals surface area contributed by atoms with Gasteiger partial charge in [0, 0.05) is 6.20 Å². The van der Waals surface area contributed by atoms with E-state index in [0.29, 0.717) is 24.3 Å². The number of hydrogen-bond acceptors (Lipinski definition) is 4. The van der Waals surface area contributed by atoms with Crippen LogP contribution in [0.3, 0.4) is 0 Å². The second-order valence-electron chi connectivity index (χ2n) is 5.47. The number of carbonyl (C=O) groups is 2. The molecule has 2 aromatic rings. The lowest BCUT2D eigenvalue weighted by Crippen LogP contribution is -2.40. The Bertz CT molecular complexity index is 739. The highest BCUT2D eigenvalue weighted by molar-refractivity contribution is 5.94. The molecule has 1 amide bonds. The topological polar surface area (TPSA) is 93.5 Å². The molecular formula is C17H21N3O4. The second kappa shape index (κ2) is 7.63. The summed E-state index contributed by atoms with van der Waals surface area (Å²) in [5.41, 5.74) is 1.89. The SMILES string of the molecule is CCCC(NC(=O)c1ccn(-c2cc(C)ccc2OC)n1)C(=O)O. The first-order valence-corrected chi connectivity index (χ1v) is 7.70. The van der Waals surface area contributed by atoms with E-state index in [1.165, 1.54) is 4.68 Å². The summed E-state index contributed by atoms with van der Waals surface area (Å²) in [5.74, 6) is -0.934. The molecule has 1 atom stereocenters. The van der Waals surface area contributed by atoms with Gasteiger partial charge in [0.1, 0.15) is 17.5 Å². The van der Waals surface area contributed by atoms with Gasteiger partial charge in [-0.05, 0) is 37.1 Å². The molecule has 0 aliphatic carbocycles. The largest absolute Gasteiger partial charge is 0.494 e. The van der Waals surface area contributed by atoms with Gasteiger partial charge in [-0.25, -0.2) is 9.48 Å². The Hall–Kier alpha value is -2.83. The van der Waals surface area contributed by atoms with Crippen LogP contribution in [0.15, 0.2) is 30.5 Å². The quantitative estimate of drug-likeness (QED) is 0.811. The van der Waals surface area contributed by atoms with E-state index in [9.17, 15) is 9.59 Å². The number of ether oxygens (including phenoxy) is 1. The van der Waals surface area contributed by atoms with Gasteiger partial charge < -0.3 is 15.2 Å². The number of benzene rings is 1. The van der Waals surface area contributed by atoms with Gasteiger partial charge in [-0.1, -0.05) is 19.4 Å². The number of carboxylic acid groups (broad SMARTS) is 1. The van der Waals surface area contributed by atoms with E-state index < -0.39 is 17.9 Å². The highest BCUT2D eigenvalue weighted by Crippen LogP contribution is 2.23. The van der Waals surface area contributed by atoms with Crippen molar-refractivity contribution in [3.05, 3.63) is 41.7 Å². The number of amides is 1. The molecule has 24 heavy (non-hydrogen) atoms. The lowest BCUT2D eigenvalue weighted by Gasteiger charge is -2.12. The molecule has 0 spiro atoms. The molecule has 2 N–H and O–H groups in total. The molecule has 1 aromatic heterocycles. The third kappa shape index (κ3) is 3.92. The number of carboxylic acids is 1. The van der Waals surface area contributed by atoms with Crippen LogP contribution in [0.5, 0.6) is 5.75 Å². The standard InChI is InChI=1S/C17H21N3O4/c1-4-5-13(17(22)23)18-16(21)12-8-9-20(19-12)14-10-11(2)6-7-15(14)24-3/h6-10,13H,4-5H2,1-3H3,(H,18,21)(H,22,23). The maximum atomic E-state index is 12.2. The van der Waals surface area contributed by atoms with Crippen LogP contribution in [0.4, 0.5) is 0 Å². The van der Waals surface area contributed by atoms with Crippen molar-refractivity contribution in [3.8, 4) is 11.4 Å². The smallest absolute Gasteiger partial charge is 0.326 e. The van der Waals surface area contributed by atoms with Crippen LogP contribution in [0, 0.1) is 6.92 Å². The molecule has 128 valence electrons. The summed E-state index contributed by atoms with van der Waals surface area (Å²) < 4.78 is 6.85. The van der Waals surface area contributed by atoms with Gasteiger partial charge in [0.15, 0.2) is 5.69 Å². The average molecular weight is 331 g/mol. The highest BCUT2D eigenvalue weighted by Gasteiger charge is 2.21. The number of methoxy groups -OCH3 is 1. The summed E-state index contributed by atoms with van der Waals surface area (Å²) in [5, 5.41) is 15.9. The summed E-state index contributed by atoms with van der Waals surface area (Å²) in [6, 6.07) is 6.27. The van der Waals surface area contributed by atoms with Crippen LogP contribution in [-0.4, -0.2) is 39.9 Å². The maximum Gasteiger partial charge on any atom is 0.326 e. The minimum atomic E-state index is -1.05. The van der Waals surface area contributed by atoms with Gasteiger partial charge in [-0.2, -0.15) is 5.10 Å². The van der Waals surface area contributed by atoms with Gasteiger partial charge >= 0.3 is 5.97 Å². The summed E-state index contributed by atoms with van der Waals surface area (Å²) in [7, 11) is 1.56. The van der Waals surface area contributed by atoms with Crippen molar-refractivity contribution in [3.63, 3.8) is 0 Å². The maximum absolute atomic E-state index is 12.2. The van der Waals surface area contributed by atoms with E-state index in [4.69, 9.17) is 9.84 Å². The first-order chi connectivity index (χ1) is 11.5. The molecule has 0 aliphatic rings.